The van der Waals surface area contributed by atoms with Crippen molar-refractivity contribution < 1.29 is 22.4 Å². The molecule has 4 rings (SSSR count). The fourth-order valence-electron chi connectivity index (χ4n) is 3.21. The minimum atomic E-state index is -4.04. The van der Waals surface area contributed by atoms with Gasteiger partial charge >= 0.3 is 5.63 Å². The zero-order chi connectivity index (χ0) is 23.6. The Morgan fingerprint density at radius 3 is 2.36 bits per heavy atom. The van der Waals surface area contributed by atoms with Gasteiger partial charge < -0.3 is 14.5 Å². The lowest BCUT2D eigenvalue weighted by atomic mass is 10.1. The van der Waals surface area contributed by atoms with Crippen molar-refractivity contribution in [1.29, 1.82) is 0 Å². The molecule has 1 amide bonds. The highest BCUT2D eigenvalue weighted by atomic mass is 32.2. The van der Waals surface area contributed by atoms with Crippen molar-refractivity contribution in [2.75, 3.05) is 17.1 Å². The van der Waals surface area contributed by atoms with Crippen LogP contribution in [-0.2, 0) is 10.0 Å². The number of anilines is 2. The normalized spacial score (nSPS) is 11.2. The number of fused-ring (bicyclic) bond motifs is 1. The zero-order valence-corrected chi connectivity index (χ0v) is 18.6. The number of carbonyl (C=O) groups is 1. The number of carbonyl (C=O) groups excluding carboxylic acids is 1. The first-order valence-corrected chi connectivity index (χ1v) is 11.4. The van der Waals surface area contributed by atoms with Crippen LogP contribution in [0.5, 0.6) is 5.75 Å². The molecule has 4 aromatic rings. The molecule has 1 heterocycles. The van der Waals surface area contributed by atoms with E-state index in [-0.39, 0.29) is 21.9 Å². The number of amides is 1. The van der Waals surface area contributed by atoms with Crippen molar-refractivity contribution in [2.24, 2.45) is 0 Å². The molecule has 0 spiro atoms. The van der Waals surface area contributed by atoms with Crippen molar-refractivity contribution >= 4 is 38.3 Å². The van der Waals surface area contributed by atoms with Gasteiger partial charge in [-0.1, -0.05) is 35.9 Å². The molecule has 9 heteroatoms. The molecule has 8 nitrogen and oxygen atoms in total. The van der Waals surface area contributed by atoms with Crippen molar-refractivity contribution in [3.8, 4) is 5.75 Å². The number of hydrogen-bond acceptors (Lipinski definition) is 6. The highest BCUT2D eigenvalue weighted by Crippen LogP contribution is 2.29. The number of aryl methyl sites for hydroxylation is 1. The first-order chi connectivity index (χ1) is 15.8. The van der Waals surface area contributed by atoms with Gasteiger partial charge in [0.05, 0.1) is 7.11 Å². The lowest BCUT2D eigenvalue weighted by Gasteiger charge is -2.14. The Hall–Kier alpha value is -4.11. The second-order valence-corrected chi connectivity index (χ2v) is 8.93. The second kappa shape index (κ2) is 8.79. The van der Waals surface area contributed by atoms with E-state index in [0.29, 0.717) is 16.7 Å². The third kappa shape index (κ3) is 4.73. The van der Waals surface area contributed by atoms with Gasteiger partial charge in [0, 0.05) is 16.8 Å². The van der Waals surface area contributed by atoms with Crippen LogP contribution in [0.4, 0.5) is 11.4 Å². The summed E-state index contributed by atoms with van der Waals surface area (Å²) in [4.78, 5) is 24.8. The molecule has 1 aromatic heterocycles. The molecule has 0 aliphatic heterocycles. The Balaban J connectivity index is 1.65. The lowest BCUT2D eigenvalue weighted by Crippen LogP contribution is -2.21. The van der Waals surface area contributed by atoms with Crippen molar-refractivity contribution in [3.05, 3.63) is 94.3 Å². The molecule has 0 radical (unpaired) electrons. The van der Waals surface area contributed by atoms with Gasteiger partial charge in [0.1, 0.15) is 21.8 Å². The molecule has 0 bridgehead atoms. The first kappa shape index (κ1) is 22.1. The molecular weight excluding hydrogens is 444 g/mol. The summed E-state index contributed by atoms with van der Waals surface area (Å²) in [7, 11) is -2.69. The van der Waals surface area contributed by atoms with Gasteiger partial charge in [0.2, 0.25) is 0 Å². The van der Waals surface area contributed by atoms with Crippen molar-refractivity contribution in [2.45, 2.75) is 11.8 Å². The van der Waals surface area contributed by atoms with Crippen LogP contribution in [-0.4, -0.2) is 21.4 Å². The third-order valence-electron chi connectivity index (χ3n) is 4.90. The number of para-hydroxylation sites is 1. The van der Waals surface area contributed by atoms with Gasteiger partial charge in [0.25, 0.3) is 15.9 Å². The zero-order valence-electron chi connectivity index (χ0n) is 17.8. The van der Waals surface area contributed by atoms with Crippen LogP contribution >= 0.6 is 0 Å². The molecular formula is C24H20N2O6S. The molecule has 2 N–H and O–H groups in total. The number of ether oxygens (including phenoxy) is 1. The van der Waals surface area contributed by atoms with E-state index in [1.54, 1.807) is 48.5 Å². The highest BCUT2D eigenvalue weighted by molar-refractivity contribution is 7.92. The topological polar surface area (TPSA) is 115 Å². The average molecular weight is 464 g/mol. The summed E-state index contributed by atoms with van der Waals surface area (Å²) in [5.41, 5.74) is 0.890. The maximum absolute atomic E-state index is 13.0. The number of benzene rings is 3. The first-order valence-electron chi connectivity index (χ1n) is 9.88. The number of methoxy groups -OCH3 is 1. The quantitative estimate of drug-likeness (QED) is 0.414. The van der Waals surface area contributed by atoms with E-state index in [0.717, 1.165) is 5.56 Å². The summed E-state index contributed by atoms with van der Waals surface area (Å²) in [5, 5.41) is 3.14. The molecule has 0 saturated heterocycles. The Kier molecular flexibility index (Phi) is 5.89. The molecule has 0 aliphatic rings. The summed E-state index contributed by atoms with van der Waals surface area (Å²) in [6.45, 7) is 1.89. The van der Waals surface area contributed by atoms with Gasteiger partial charge in [0.15, 0.2) is 0 Å². The lowest BCUT2D eigenvalue weighted by molar-refractivity contribution is 0.102. The van der Waals surface area contributed by atoms with Gasteiger partial charge in [-0.25, -0.2) is 13.2 Å². The molecule has 168 valence electrons. The van der Waals surface area contributed by atoms with E-state index >= 15 is 0 Å². The number of nitrogens with one attached hydrogen (secondary N) is 2. The van der Waals surface area contributed by atoms with Crippen LogP contribution in [0.15, 0.2) is 86.9 Å². The fraction of sp³-hybridized carbons (Fsp3) is 0.0833. The van der Waals surface area contributed by atoms with Crippen LogP contribution in [0.1, 0.15) is 15.9 Å². The Morgan fingerprint density at radius 1 is 0.939 bits per heavy atom. The smallest absolute Gasteiger partial charge is 0.349 e. The van der Waals surface area contributed by atoms with E-state index in [2.05, 4.69) is 10.0 Å². The van der Waals surface area contributed by atoms with E-state index in [4.69, 9.17) is 9.15 Å². The Labute approximate surface area is 189 Å². The van der Waals surface area contributed by atoms with Gasteiger partial charge in [-0.15, -0.1) is 0 Å². The number of sulfonamides is 1. The minimum absolute atomic E-state index is 0.0952. The van der Waals surface area contributed by atoms with Crippen molar-refractivity contribution in [3.63, 3.8) is 0 Å². The van der Waals surface area contributed by atoms with E-state index in [9.17, 15) is 18.0 Å². The third-order valence-corrected chi connectivity index (χ3v) is 6.30. The fourth-order valence-corrected chi connectivity index (χ4v) is 4.47. The summed E-state index contributed by atoms with van der Waals surface area (Å²) in [6, 6.07) is 19.2. The molecule has 33 heavy (non-hydrogen) atoms. The molecule has 0 unspecified atom stereocenters. The Morgan fingerprint density at radius 2 is 1.64 bits per heavy atom. The predicted octanol–water partition coefficient (Wildman–Crippen LogP) is 4.16. The van der Waals surface area contributed by atoms with E-state index in [1.165, 1.54) is 31.4 Å². The number of rotatable bonds is 6. The summed E-state index contributed by atoms with van der Waals surface area (Å²) in [5.74, 6) is -0.632. The van der Waals surface area contributed by atoms with Crippen LogP contribution in [0.25, 0.3) is 11.0 Å². The maximum atomic E-state index is 13.0. The monoisotopic (exact) mass is 464 g/mol. The van der Waals surface area contributed by atoms with Crippen molar-refractivity contribution in [1.82, 2.24) is 0 Å². The molecule has 3 aromatic carbocycles. The predicted molar refractivity (Wildman–Crippen MR) is 125 cm³/mol. The maximum Gasteiger partial charge on any atom is 0.349 e. The average Bonchev–Trinajstić information content (AvgIpc) is 2.80. The standard InChI is InChI=1S/C24H20N2O6S/c1-15-7-9-17(10-8-15)26-33(29,30)22-14-18(11-12-21(22)31-2)25-23(27)19-13-16-5-3-4-6-20(16)32-24(19)28/h3-14,26H,1-2H3,(H,25,27). The molecule has 0 atom stereocenters. The molecule has 0 saturated carbocycles. The molecule has 0 aliphatic carbocycles. The van der Waals surface area contributed by atoms with E-state index < -0.39 is 21.6 Å². The van der Waals surface area contributed by atoms with Crippen LogP contribution in [0.3, 0.4) is 0 Å². The Bertz CT molecular complexity index is 1510. The summed E-state index contributed by atoms with van der Waals surface area (Å²) >= 11 is 0. The van der Waals surface area contributed by atoms with Gasteiger partial charge in [-0.3, -0.25) is 9.52 Å². The summed E-state index contributed by atoms with van der Waals surface area (Å²) < 4.78 is 38.9. The van der Waals surface area contributed by atoms with Gasteiger partial charge in [-0.05, 0) is 49.4 Å². The van der Waals surface area contributed by atoms with Crippen LogP contribution < -0.4 is 20.4 Å². The SMILES string of the molecule is COc1ccc(NC(=O)c2cc3ccccc3oc2=O)cc1S(=O)(=O)Nc1ccc(C)cc1. The number of hydrogen-bond donors (Lipinski definition) is 2. The minimum Gasteiger partial charge on any atom is -0.495 e. The largest absolute Gasteiger partial charge is 0.495 e. The highest BCUT2D eigenvalue weighted by Gasteiger charge is 2.22. The summed E-state index contributed by atoms with van der Waals surface area (Å²) in [6.07, 6.45) is 0. The van der Waals surface area contributed by atoms with Gasteiger partial charge in [-0.2, -0.15) is 0 Å². The van der Waals surface area contributed by atoms with E-state index in [1.807, 2.05) is 6.92 Å². The second-order valence-electron chi connectivity index (χ2n) is 7.28. The van der Waals surface area contributed by atoms with Crippen LogP contribution in [0, 0.1) is 6.92 Å². The van der Waals surface area contributed by atoms with Crippen LogP contribution in [0.2, 0.25) is 0 Å². The molecule has 0 fully saturated rings.